The van der Waals surface area contributed by atoms with E-state index in [1.165, 1.54) is 7.11 Å². The molecule has 122 valence electrons. The summed E-state index contributed by atoms with van der Waals surface area (Å²) < 4.78 is 31.6. The first kappa shape index (κ1) is 17.0. The summed E-state index contributed by atoms with van der Waals surface area (Å²) in [6.45, 7) is 0. The van der Waals surface area contributed by atoms with Gasteiger partial charge in [-0.3, -0.25) is 4.79 Å². The molecule has 2 aromatic rings. The zero-order chi connectivity index (χ0) is 17.5. The number of ether oxygens (including phenoxy) is 1. The second kappa shape index (κ2) is 7.74. The van der Waals surface area contributed by atoms with Crippen LogP contribution in [0.5, 0.6) is 5.75 Å². The molecule has 0 aromatic heterocycles. The molecular formula is C17H13F2N3O2. The maximum Gasteiger partial charge on any atom is 0.267 e. The lowest BCUT2D eigenvalue weighted by molar-refractivity contribution is -0.112. The number of anilines is 2. The number of methoxy groups -OCH3 is 1. The Balaban J connectivity index is 2.10. The van der Waals surface area contributed by atoms with Gasteiger partial charge < -0.3 is 15.4 Å². The molecule has 0 heterocycles. The number of nitrogens with one attached hydrogen (secondary N) is 2. The van der Waals surface area contributed by atoms with Crippen molar-refractivity contribution in [2.24, 2.45) is 0 Å². The molecule has 0 fully saturated rings. The third-order valence-corrected chi connectivity index (χ3v) is 3.01. The predicted molar refractivity (Wildman–Crippen MR) is 85.3 cm³/mol. The van der Waals surface area contributed by atoms with E-state index in [0.717, 1.165) is 24.4 Å². The van der Waals surface area contributed by atoms with Crippen molar-refractivity contribution in [3.8, 4) is 11.8 Å². The van der Waals surface area contributed by atoms with Crippen molar-refractivity contribution >= 4 is 17.3 Å². The van der Waals surface area contributed by atoms with Crippen LogP contribution in [0.3, 0.4) is 0 Å². The minimum absolute atomic E-state index is 0.181. The normalized spacial score (nSPS) is 10.7. The second-order valence-electron chi connectivity index (χ2n) is 4.62. The lowest BCUT2D eigenvalue weighted by Gasteiger charge is -2.07. The van der Waals surface area contributed by atoms with Crippen LogP contribution in [0.4, 0.5) is 20.2 Å². The first-order chi connectivity index (χ1) is 11.5. The minimum Gasteiger partial charge on any atom is -0.497 e. The first-order valence-electron chi connectivity index (χ1n) is 6.80. The van der Waals surface area contributed by atoms with Gasteiger partial charge in [0, 0.05) is 18.0 Å². The molecule has 0 bridgehead atoms. The highest BCUT2D eigenvalue weighted by molar-refractivity contribution is 6.06. The van der Waals surface area contributed by atoms with Crippen LogP contribution in [-0.4, -0.2) is 13.0 Å². The van der Waals surface area contributed by atoms with Crippen molar-refractivity contribution in [2.75, 3.05) is 17.7 Å². The van der Waals surface area contributed by atoms with Crippen LogP contribution < -0.4 is 15.4 Å². The molecule has 0 aliphatic rings. The average molecular weight is 329 g/mol. The Bertz CT molecular complexity index is 812. The summed E-state index contributed by atoms with van der Waals surface area (Å²) in [6.07, 6.45) is 1.01. The third kappa shape index (κ3) is 4.30. The number of rotatable bonds is 5. The van der Waals surface area contributed by atoms with Gasteiger partial charge >= 0.3 is 0 Å². The number of nitrogens with zero attached hydrogens (tertiary/aromatic N) is 1. The number of halogens is 2. The van der Waals surface area contributed by atoms with E-state index >= 15 is 0 Å². The molecule has 2 rings (SSSR count). The highest BCUT2D eigenvalue weighted by Crippen LogP contribution is 2.17. The van der Waals surface area contributed by atoms with Crippen LogP contribution in [0, 0.1) is 23.0 Å². The number of carbonyl (C=O) groups is 1. The molecule has 0 unspecified atom stereocenters. The third-order valence-electron chi connectivity index (χ3n) is 3.01. The van der Waals surface area contributed by atoms with E-state index in [1.807, 2.05) is 0 Å². The summed E-state index contributed by atoms with van der Waals surface area (Å²) in [4.78, 5) is 12.0. The molecule has 2 N–H and O–H groups in total. The Labute approximate surface area is 137 Å². The molecule has 1 amide bonds. The molecule has 0 atom stereocenters. The quantitative estimate of drug-likeness (QED) is 0.651. The number of hydrogen-bond acceptors (Lipinski definition) is 4. The molecular weight excluding hydrogens is 316 g/mol. The zero-order valence-corrected chi connectivity index (χ0v) is 12.6. The molecule has 0 aliphatic carbocycles. The van der Waals surface area contributed by atoms with Crippen LogP contribution in [0.15, 0.2) is 54.2 Å². The van der Waals surface area contributed by atoms with E-state index in [9.17, 15) is 13.6 Å². The molecule has 24 heavy (non-hydrogen) atoms. The molecule has 0 aliphatic heterocycles. The average Bonchev–Trinajstić information content (AvgIpc) is 2.59. The fourth-order valence-corrected chi connectivity index (χ4v) is 1.78. The predicted octanol–water partition coefficient (Wildman–Crippen LogP) is 3.43. The van der Waals surface area contributed by atoms with Crippen LogP contribution in [0.1, 0.15) is 0 Å². The summed E-state index contributed by atoms with van der Waals surface area (Å²) >= 11 is 0. The van der Waals surface area contributed by atoms with Gasteiger partial charge in [0.1, 0.15) is 29.0 Å². The summed E-state index contributed by atoms with van der Waals surface area (Å²) in [5.74, 6) is -1.42. The van der Waals surface area contributed by atoms with Gasteiger partial charge in [-0.1, -0.05) is 0 Å². The highest BCUT2D eigenvalue weighted by Gasteiger charge is 2.10. The van der Waals surface area contributed by atoms with E-state index in [-0.39, 0.29) is 11.3 Å². The van der Waals surface area contributed by atoms with E-state index in [1.54, 1.807) is 30.3 Å². The maximum atomic E-state index is 13.5. The Morgan fingerprint density at radius 3 is 2.54 bits per heavy atom. The second-order valence-corrected chi connectivity index (χ2v) is 4.62. The van der Waals surface area contributed by atoms with Crippen LogP contribution in [0.2, 0.25) is 0 Å². The Hall–Kier alpha value is -3.40. The molecule has 7 heteroatoms. The highest BCUT2D eigenvalue weighted by atomic mass is 19.1. The Kier molecular flexibility index (Phi) is 5.47. The van der Waals surface area contributed by atoms with Crippen molar-refractivity contribution in [1.82, 2.24) is 0 Å². The van der Waals surface area contributed by atoms with Crippen molar-refractivity contribution in [1.29, 1.82) is 5.26 Å². The molecule has 0 spiro atoms. The van der Waals surface area contributed by atoms with E-state index < -0.39 is 17.5 Å². The molecule has 5 nitrogen and oxygen atoms in total. The number of carbonyl (C=O) groups excluding carboxylic acids is 1. The van der Waals surface area contributed by atoms with E-state index in [4.69, 9.17) is 10.00 Å². The van der Waals surface area contributed by atoms with Crippen molar-refractivity contribution in [3.63, 3.8) is 0 Å². The number of nitriles is 1. The van der Waals surface area contributed by atoms with Gasteiger partial charge in [0.05, 0.1) is 12.8 Å². The van der Waals surface area contributed by atoms with Crippen LogP contribution in [0.25, 0.3) is 0 Å². The fraction of sp³-hybridized carbons (Fsp3) is 0.0588. The van der Waals surface area contributed by atoms with Gasteiger partial charge in [-0.05, 0) is 36.4 Å². The van der Waals surface area contributed by atoms with Crippen molar-refractivity contribution in [2.45, 2.75) is 0 Å². The topological polar surface area (TPSA) is 74.1 Å². The van der Waals surface area contributed by atoms with Gasteiger partial charge in [0.15, 0.2) is 0 Å². The first-order valence-corrected chi connectivity index (χ1v) is 6.80. The van der Waals surface area contributed by atoms with Gasteiger partial charge in [-0.2, -0.15) is 5.26 Å². The summed E-state index contributed by atoms with van der Waals surface area (Å²) in [5, 5.41) is 14.0. The maximum absolute atomic E-state index is 13.5. The number of benzene rings is 2. The molecule has 0 saturated heterocycles. The molecule has 0 saturated carbocycles. The summed E-state index contributed by atoms with van der Waals surface area (Å²) in [7, 11) is 1.52. The van der Waals surface area contributed by atoms with Crippen molar-refractivity contribution < 1.29 is 18.3 Å². The number of amides is 1. The molecule has 2 aromatic carbocycles. The van der Waals surface area contributed by atoms with Gasteiger partial charge in [0.25, 0.3) is 5.91 Å². The Morgan fingerprint density at radius 1 is 1.21 bits per heavy atom. The zero-order valence-electron chi connectivity index (χ0n) is 12.6. The Morgan fingerprint density at radius 2 is 1.92 bits per heavy atom. The van der Waals surface area contributed by atoms with Crippen molar-refractivity contribution in [3.05, 3.63) is 65.9 Å². The fourth-order valence-electron chi connectivity index (χ4n) is 1.78. The van der Waals surface area contributed by atoms with Gasteiger partial charge in [0.2, 0.25) is 0 Å². The van der Waals surface area contributed by atoms with Crippen LogP contribution >= 0.6 is 0 Å². The largest absolute Gasteiger partial charge is 0.497 e. The summed E-state index contributed by atoms with van der Waals surface area (Å²) in [5.41, 5.74) is -0.0200. The SMILES string of the molecule is COc1ccc(NC(=O)/C(C#N)=C\Nc2cc(F)ccc2F)cc1. The van der Waals surface area contributed by atoms with E-state index in [0.29, 0.717) is 11.4 Å². The smallest absolute Gasteiger partial charge is 0.267 e. The van der Waals surface area contributed by atoms with Gasteiger partial charge in [-0.15, -0.1) is 0 Å². The van der Waals surface area contributed by atoms with E-state index in [2.05, 4.69) is 10.6 Å². The summed E-state index contributed by atoms with van der Waals surface area (Å²) in [6, 6.07) is 11.0. The lowest BCUT2D eigenvalue weighted by Crippen LogP contribution is -2.14. The van der Waals surface area contributed by atoms with Crippen LogP contribution in [-0.2, 0) is 4.79 Å². The standard InChI is InChI=1S/C17H13F2N3O2/c1-24-14-5-3-13(4-6-14)22-17(23)11(9-20)10-21-16-8-12(18)2-7-15(16)19/h2-8,10,21H,1H3,(H,22,23)/b11-10-. The molecule has 0 radical (unpaired) electrons. The number of hydrogen-bond donors (Lipinski definition) is 2. The van der Waals surface area contributed by atoms with Gasteiger partial charge in [-0.25, -0.2) is 8.78 Å². The minimum atomic E-state index is -0.708. The monoisotopic (exact) mass is 329 g/mol. The lowest BCUT2D eigenvalue weighted by atomic mass is 10.2.